The van der Waals surface area contributed by atoms with Gasteiger partial charge in [-0.25, -0.2) is 9.18 Å². The molecular formula is C13H14FN3O3. The van der Waals surface area contributed by atoms with E-state index in [1.54, 1.807) is 13.0 Å². The number of nitriles is 1. The second-order valence-corrected chi connectivity index (χ2v) is 3.96. The van der Waals surface area contributed by atoms with Crippen molar-refractivity contribution in [1.82, 2.24) is 4.90 Å². The number of aliphatic carboxylic acids is 1. The van der Waals surface area contributed by atoms with E-state index < -0.39 is 17.8 Å². The van der Waals surface area contributed by atoms with E-state index >= 15 is 0 Å². The number of hydrogen-bond acceptors (Lipinski definition) is 3. The quantitative estimate of drug-likeness (QED) is 0.862. The minimum Gasteiger partial charge on any atom is -0.481 e. The fourth-order valence-electron chi connectivity index (χ4n) is 1.53. The highest BCUT2D eigenvalue weighted by atomic mass is 19.1. The summed E-state index contributed by atoms with van der Waals surface area (Å²) >= 11 is 0. The number of anilines is 1. The number of halogens is 1. The Morgan fingerprint density at radius 1 is 1.50 bits per heavy atom. The minimum absolute atomic E-state index is 0.0734. The third-order valence-corrected chi connectivity index (χ3v) is 2.60. The molecule has 0 saturated heterocycles. The van der Waals surface area contributed by atoms with Gasteiger partial charge in [-0.3, -0.25) is 4.79 Å². The smallest absolute Gasteiger partial charge is 0.321 e. The summed E-state index contributed by atoms with van der Waals surface area (Å²) in [7, 11) is 0. The highest BCUT2D eigenvalue weighted by molar-refractivity contribution is 5.89. The van der Waals surface area contributed by atoms with Gasteiger partial charge in [0.05, 0.1) is 12.0 Å². The third kappa shape index (κ3) is 4.24. The van der Waals surface area contributed by atoms with Crippen molar-refractivity contribution in [2.45, 2.75) is 13.3 Å². The van der Waals surface area contributed by atoms with Crippen LogP contribution in [0.1, 0.15) is 18.9 Å². The molecule has 0 bridgehead atoms. The number of urea groups is 1. The van der Waals surface area contributed by atoms with Crippen LogP contribution in [0.3, 0.4) is 0 Å². The van der Waals surface area contributed by atoms with Crippen LogP contribution in [0, 0.1) is 17.1 Å². The maximum absolute atomic E-state index is 13.1. The van der Waals surface area contributed by atoms with Crippen molar-refractivity contribution < 1.29 is 19.1 Å². The third-order valence-electron chi connectivity index (χ3n) is 2.60. The molecule has 0 fully saturated rings. The maximum Gasteiger partial charge on any atom is 0.321 e. The van der Waals surface area contributed by atoms with Gasteiger partial charge in [-0.1, -0.05) is 0 Å². The molecule has 6 nitrogen and oxygen atoms in total. The predicted molar refractivity (Wildman–Crippen MR) is 69.6 cm³/mol. The molecule has 1 aromatic carbocycles. The zero-order valence-electron chi connectivity index (χ0n) is 10.9. The molecule has 2 amide bonds. The van der Waals surface area contributed by atoms with E-state index in [0.29, 0.717) is 6.54 Å². The van der Waals surface area contributed by atoms with Gasteiger partial charge in [-0.2, -0.15) is 5.26 Å². The molecule has 0 unspecified atom stereocenters. The lowest BCUT2D eigenvalue weighted by atomic mass is 10.2. The van der Waals surface area contributed by atoms with Gasteiger partial charge in [-0.15, -0.1) is 0 Å². The Kier molecular flexibility index (Phi) is 5.47. The molecule has 2 N–H and O–H groups in total. The number of benzene rings is 1. The number of rotatable bonds is 5. The minimum atomic E-state index is -0.996. The summed E-state index contributed by atoms with van der Waals surface area (Å²) in [5.41, 5.74) is 0.109. The van der Waals surface area contributed by atoms with Crippen molar-refractivity contribution >= 4 is 17.7 Å². The van der Waals surface area contributed by atoms with Gasteiger partial charge in [0.2, 0.25) is 0 Å². The van der Waals surface area contributed by atoms with Crippen LogP contribution in [0.2, 0.25) is 0 Å². The van der Waals surface area contributed by atoms with E-state index in [-0.39, 0.29) is 24.2 Å². The van der Waals surface area contributed by atoms with E-state index in [1.807, 2.05) is 0 Å². The molecule has 0 aliphatic carbocycles. The van der Waals surface area contributed by atoms with Gasteiger partial charge in [0.1, 0.15) is 11.9 Å². The highest BCUT2D eigenvalue weighted by Crippen LogP contribution is 2.14. The summed E-state index contributed by atoms with van der Waals surface area (Å²) in [6.07, 6.45) is -0.159. The molecule has 0 radical (unpaired) electrons. The van der Waals surface area contributed by atoms with E-state index in [0.717, 1.165) is 6.07 Å². The Morgan fingerprint density at radius 3 is 2.75 bits per heavy atom. The van der Waals surface area contributed by atoms with Crippen LogP contribution in [0.15, 0.2) is 18.2 Å². The first kappa shape index (κ1) is 15.4. The summed E-state index contributed by atoms with van der Waals surface area (Å²) in [4.78, 5) is 23.7. The average molecular weight is 279 g/mol. The van der Waals surface area contributed by atoms with Crippen molar-refractivity contribution in [3.05, 3.63) is 29.6 Å². The summed E-state index contributed by atoms with van der Waals surface area (Å²) in [6.45, 7) is 2.13. The molecule has 1 rings (SSSR count). The van der Waals surface area contributed by atoms with E-state index in [1.165, 1.54) is 17.0 Å². The number of carbonyl (C=O) groups excluding carboxylic acids is 1. The standard InChI is InChI=1S/C13H14FN3O3/c1-2-17(6-5-12(18)19)13(20)16-10-3-4-11(14)9(7-10)8-15/h3-4,7H,2,5-6H2,1H3,(H,16,20)(H,18,19). The van der Waals surface area contributed by atoms with Crippen molar-refractivity contribution in [3.63, 3.8) is 0 Å². The second kappa shape index (κ2) is 7.09. The normalized spacial score (nSPS) is 9.65. The lowest BCUT2D eigenvalue weighted by Gasteiger charge is -2.20. The molecule has 0 aliphatic heterocycles. The molecule has 0 heterocycles. The van der Waals surface area contributed by atoms with Crippen LogP contribution in [-0.2, 0) is 4.79 Å². The number of carboxylic acid groups (broad SMARTS) is 1. The maximum atomic E-state index is 13.1. The van der Waals surface area contributed by atoms with E-state index in [9.17, 15) is 14.0 Å². The van der Waals surface area contributed by atoms with Crippen LogP contribution in [0.25, 0.3) is 0 Å². The first-order chi connectivity index (χ1) is 9.47. The summed E-state index contributed by atoms with van der Waals surface area (Å²) in [5, 5.41) is 19.8. The number of nitrogens with one attached hydrogen (secondary N) is 1. The zero-order chi connectivity index (χ0) is 15.1. The molecule has 20 heavy (non-hydrogen) atoms. The molecule has 1 aromatic rings. The Morgan fingerprint density at radius 2 is 2.20 bits per heavy atom. The zero-order valence-corrected chi connectivity index (χ0v) is 10.9. The molecule has 7 heteroatoms. The van der Waals surface area contributed by atoms with Crippen molar-refractivity contribution in [2.24, 2.45) is 0 Å². The number of amides is 2. The van der Waals surface area contributed by atoms with Gasteiger partial charge in [-0.05, 0) is 25.1 Å². The lowest BCUT2D eigenvalue weighted by molar-refractivity contribution is -0.137. The molecule has 0 aliphatic rings. The van der Waals surface area contributed by atoms with E-state index in [2.05, 4.69) is 5.32 Å². The Balaban J connectivity index is 2.73. The van der Waals surface area contributed by atoms with Gasteiger partial charge in [0, 0.05) is 18.8 Å². The predicted octanol–water partition coefficient (Wildman–Crippen LogP) is 2.03. The molecule has 0 spiro atoms. The second-order valence-electron chi connectivity index (χ2n) is 3.96. The molecular weight excluding hydrogens is 265 g/mol. The van der Waals surface area contributed by atoms with Crippen molar-refractivity contribution in [1.29, 1.82) is 5.26 Å². The fourth-order valence-corrected chi connectivity index (χ4v) is 1.53. The SMILES string of the molecule is CCN(CCC(=O)O)C(=O)Nc1ccc(F)c(C#N)c1. The Labute approximate surface area is 115 Å². The summed E-state index contributed by atoms with van der Waals surface area (Å²) in [5.74, 6) is -1.66. The number of nitrogens with zero attached hydrogens (tertiary/aromatic N) is 2. The number of carboxylic acids is 1. The molecule has 0 aromatic heterocycles. The van der Waals surface area contributed by atoms with Gasteiger partial charge >= 0.3 is 12.0 Å². The molecule has 0 atom stereocenters. The van der Waals surface area contributed by atoms with Gasteiger partial charge < -0.3 is 15.3 Å². The highest BCUT2D eigenvalue weighted by Gasteiger charge is 2.13. The summed E-state index contributed by atoms with van der Waals surface area (Å²) in [6, 6.07) is 4.82. The molecule has 106 valence electrons. The number of hydrogen-bond donors (Lipinski definition) is 2. The summed E-state index contributed by atoms with van der Waals surface area (Å²) < 4.78 is 13.1. The Bertz CT molecular complexity index is 554. The Hall–Kier alpha value is -2.62. The van der Waals surface area contributed by atoms with Crippen LogP contribution < -0.4 is 5.32 Å². The van der Waals surface area contributed by atoms with Crippen molar-refractivity contribution in [3.8, 4) is 6.07 Å². The first-order valence-corrected chi connectivity index (χ1v) is 5.95. The van der Waals surface area contributed by atoms with Crippen molar-refractivity contribution in [2.75, 3.05) is 18.4 Å². The first-order valence-electron chi connectivity index (χ1n) is 5.95. The van der Waals surface area contributed by atoms with Gasteiger partial charge in [0.15, 0.2) is 0 Å². The van der Waals surface area contributed by atoms with Crippen LogP contribution >= 0.6 is 0 Å². The lowest BCUT2D eigenvalue weighted by Crippen LogP contribution is -2.36. The molecule has 0 saturated carbocycles. The fraction of sp³-hybridized carbons (Fsp3) is 0.308. The largest absolute Gasteiger partial charge is 0.481 e. The average Bonchev–Trinajstić information content (AvgIpc) is 2.41. The topological polar surface area (TPSA) is 93.4 Å². The van der Waals surface area contributed by atoms with Crippen LogP contribution in [0.5, 0.6) is 0 Å². The van der Waals surface area contributed by atoms with Crippen LogP contribution in [0.4, 0.5) is 14.9 Å². The van der Waals surface area contributed by atoms with Crippen LogP contribution in [-0.4, -0.2) is 35.1 Å². The number of carbonyl (C=O) groups is 2. The van der Waals surface area contributed by atoms with Gasteiger partial charge in [0.25, 0.3) is 0 Å². The monoisotopic (exact) mass is 279 g/mol. The van der Waals surface area contributed by atoms with E-state index in [4.69, 9.17) is 10.4 Å².